The molecule has 0 saturated heterocycles. The third-order valence-electron chi connectivity index (χ3n) is 5.24. The molecule has 0 atom stereocenters. The van der Waals surface area contributed by atoms with E-state index in [9.17, 15) is 14.4 Å². The van der Waals surface area contributed by atoms with Crippen molar-refractivity contribution in [3.8, 4) is 0 Å². The van der Waals surface area contributed by atoms with E-state index < -0.39 is 0 Å². The zero-order chi connectivity index (χ0) is 25.2. The lowest BCUT2D eigenvalue weighted by molar-refractivity contribution is 0.0986. The lowest BCUT2D eigenvalue weighted by Crippen LogP contribution is -2.44. The minimum atomic E-state index is -0.379. The molecule has 1 heterocycles. The van der Waals surface area contributed by atoms with Crippen LogP contribution in [-0.4, -0.2) is 66.2 Å². The number of carbonyl (C=O) groups is 3. The molecule has 0 aliphatic rings. The van der Waals surface area contributed by atoms with Gasteiger partial charge in [-0.25, -0.2) is 4.79 Å². The van der Waals surface area contributed by atoms with Gasteiger partial charge in [0, 0.05) is 31.4 Å². The summed E-state index contributed by atoms with van der Waals surface area (Å²) in [5.41, 5.74) is 8.38. The van der Waals surface area contributed by atoms with Crippen LogP contribution < -0.4 is 16.4 Å². The van der Waals surface area contributed by atoms with Crippen molar-refractivity contribution in [3.63, 3.8) is 0 Å². The number of rotatable bonds is 10. The molecule has 0 aliphatic heterocycles. The van der Waals surface area contributed by atoms with Crippen LogP contribution in [0.15, 0.2) is 72.9 Å². The number of Topliss-reactive ketones (excluding diaryl/α,β-unsaturated/α-hetero) is 1. The Morgan fingerprint density at radius 3 is 2.29 bits per heavy atom. The highest BCUT2D eigenvalue weighted by atomic mass is 16.2. The Bertz CT molecular complexity index is 1150. The molecule has 0 aliphatic carbocycles. The molecule has 0 radical (unpaired) electrons. The molecule has 0 bridgehead atoms. The summed E-state index contributed by atoms with van der Waals surface area (Å²) >= 11 is 0. The summed E-state index contributed by atoms with van der Waals surface area (Å²) in [5.74, 6) is -0.543. The second-order valence-electron chi connectivity index (χ2n) is 8.27. The fraction of sp³-hybridized carbons (Fsp3) is 0.231. The summed E-state index contributed by atoms with van der Waals surface area (Å²) in [6.45, 7) is 1.28. The predicted octanol–water partition coefficient (Wildman–Crippen LogP) is 2.87. The number of urea groups is 1. The highest BCUT2D eigenvalue weighted by Gasteiger charge is 2.17. The first kappa shape index (κ1) is 25.4. The zero-order valence-electron chi connectivity index (χ0n) is 19.9. The van der Waals surface area contributed by atoms with E-state index in [1.807, 2.05) is 25.1 Å². The largest absolute Gasteiger partial charge is 0.397 e. The van der Waals surface area contributed by atoms with Gasteiger partial charge in [0.15, 0.2) is 5.78 Å². The van der Waals surface area contributed by atoms with E-state index in [1.165, 1.54) is 0 Å². The molecular weight excluding hydrogens is 444 g/mol. The van der Waals surface area contributed by atoms with E-state index in [0.717, 1.165) is 5.56 Å². The van der Waals surface area contributed by atoms with Gasteiger partial charge in [-0.1, -0.05) is 48.5 Å². The lowest BCUT2D eigenvalue weighted by Gasteiger charge is -2.24. The number of nitrogens with two attached hydrogens (primary N) is 1. The van der Waals surface area contributed by atoms with Crippen LogP contribution in [0.5, 0.6) is 0 Å². The van der Waals surface area contributed by atoms with Crippen LogP contribution in [-0.2, 0) is 6.54 Å². The van der Waals surface area contributed by atoms with Crippen molar-refractivity contribution in [1.29, 1.82) is 0 Å². The highest BCUT2D eigenvalue weighted by Crippen LogP contribution is 2.17. The summed E-state index contributed by atoms with van der Waals surface area (Å²) in [4.78, 5) is 45.5. The smallest absolute Gasteiger partial charge is 0.318 e. The van der Waals surface area contributed by atoms with Crippen molar-refractivity contribution >= 4 is 29.1 Å². The molecule has 0 unspecified atom stereocenters. The van der Waals surface area contributed by atoms with Gasteiger partial charge in [0.05, 0.1) is 17.9 Å². The summed E-state index contributed by atoms with van der Waals surface area (Å²) < 4.78 is 0. The highest BCUT2D eigenvalue weighted by molar-refractivity contribution is 6.04. The third kappa shape index (κ3) is 7.65. The molecular formula is C26H30N6O3. The zero-order valence-corrected chi connectivity index (χ0v) is 19.9. The van der Waals surface area contributed by atoms with E-state index in [2.05, 4.69) is 15.6 Å². The molecule has 35 heavy (non-hydrogen) atoms. The monoisotopic (exact) mass is 474 g/mol. The Labute approximate surface area is 204 Å². The minimum Gasteiger partial charge on any atom is -0.397 e. The number of para-hydroxylation sites is 2. The van der Waals surface area contributed by atoms with Gasteiger partial charge in [-0.05, 0) is 37.9 Å². The summed E-state index contributed by atoms with van der Waals surface area (Å²) in [5, 5.41) is 5.45. The number of ketones is 1. The fourth-order valence-electron chi connectivity index (χ4n) is 3.24. The number of anilines is 2. The number of hydrogen-bond acceptors (Lipinski definition) is 6. The van der Waals surface area contributed by atoms with Crippen LogP contribution in [0, 0.1) is 0 Å². The number of aromatic nitrogens is 1. The molecule has 182 valence electrons. The first-order valence-electron chi connectivity index (χ1n) is 11.2. The van der Waals surface area contributed by atoms with Crippen LogP contribution in [0.4, 0.5) is 16.2 Å². The number of nitrogen functional groups attached to an aromatic ring is 1. The van der Waals surface area contributed by atoms with E-state index in [4.69, 9.17) is 5.73 Å². The molecule has 2 aromatic carbocycles. The van der Waals surface area contributed by atoms with Crippen molar-refractivity contribution in [2.24, 2.45) is 0 Å². The first-order valence-corrected chi connectivity index (χ1v) is 11.2. The minimum absolute atomic E-state index is 0.0959. The topological polar surface area (TPSA) is 121 Å². The van der Waals surface area contributed by atoms with Crippen molar-refractivity contribution in [2.75, 3.05) is 44.8 Å². The standard InChI is InChI=1S/C26H30N6O3/c1-31(2)14-15-32(26(35)29-17-24(33)20-8-4-3-5-9-20)18-19-12-13-23(28-16-19)25(34)30-22-11-7-6-10-21(22)27/h3-13,16H,14-15,17-18,27H2,1-2H3,(H,29,35)(H,30,34). The molecule has 3 amide bonds. The van der Waals surface area contributed by atoms with E-state index in [1.54, 1.807) is 71.8 Å². The molecule has 3 aromatic rings. The van der Waals surface area contributed by atoms with Gasteiger partial charge in [0.2, 0.25) is 0 Å². The maximum absolute atomic E-state index is 12.9. The molecule has 1 aromatic heterocycles. The molecule has 4 N–H and O–H groups in total. The molecule has 0 spiro atoms. The summed E-state index contributed by atoms with van der Waals surface area (Å²) in [6.07, 6.45) is 1.56. The summed E-state index contributed by atoms with van der Waals surface area (Å²) in [6, 6.07) is 18.8. The maximum atomic E-state index is 12.9. The molecule has 3 rings (SSSR count). The second kappa shape index (κ2) is 12.3. The van der Waals surface area contributed by atoms with Gasteiger partial charge >= 0.3 is 6.03 Å². The maximum Gasteiger partial charge on any atom is 0.318 e. The van der Waals surface area contributed by atoms with Crippen LogP contribution in [0.1, 0.15) is 26.4 Å². The number of nitrogens with one attached hydrogen (secondary N) is 2. The number of amides is 3. The molecule has 9 heteroatoms. The average molecular weight is 475 g/mol. The van der Waals surface area contributed by atoms with E-state index in [0.29, 0.717) is 30.0 Å². The Morgan fingerprint density at radius 2 is 1.63 bits per heavy atom. The predicted molar refractivity (Wildman–Crippen MR) is 136 cm³/mol. The number of hydrogen-bond donors (Lipinski definition) is 3. The third-order valence-corrected chi connectivity index (χ3v) is 5.24. The van der Waals surface area contributed by atoms with Crippen LogP contribution in [0.3, 0.4) is 0 Å². The molecule has 0 fully saturated rings. The van der Waals surface area contributed by atoms with Crippen LogP contribution in [0.2, 0.25) is 0 Å². The van der Waals surface area contributed by atoms with E-state index >= 15 is 0 Å². The lowest BCUT2D eigenvalue weighted by atomic mass is 10.1. The quantitative estimate of drug-likeness (QED) is 0.307. The Hall–Kier alpha value is -4.24. The van der Waals surface area contributed by atoms with E-state index in [-0.39, 0.29) is 36.5 Å². The Kier molecular flexibility index (Phi) is 8.91. The number of pyridine rings is 1. The van der Waals surface area contributed by atoms with Gasteiger partial charge in [-0.2, -0.15) is 0 Å². The van der Waals surface area contributed by atoms with Crippen molar-refractivity contribution in [2.45, 2.75) is 6.54 Å². The van der Waals surface area contributed by atoms with Crippen molar-refractivity contribution < 1.29 is 14.4 Å². The number of nitrogens with zero attached hydrogens (tertiary/aromatic N) is 3. The average Bonchev–Trinajstić information content (AvgIpc) is 2.87. The molecule has 0 saturated carbocycles. The molecule has 9 nitrogen and oxygen atoms in total. The van der Waals surface area contributed by atoms with Crippen LogP contribution in [0.25, 0.3) is 0 Å². The van der Waals surface area contributed by atoms with Gasteiger partial charge in [-0.15, -0.1) is 0 Å². The van der Waals surface area contributed by atoms with Gasteiger partial charge in [0.1, 0.15) is 5.69 Å². The first-order chi connectivity index (χ1) is 16.8. The van der Waals surface area contributed by atoms with Gasteiger partial charge < -0.3 is 26.2 Å². The fourth-order valence-corrected chi connectivity index (χ4v) is 3.24. The van der Waals surface area contributed by atoms with Crippen LogP contribution >= 0.6 is 0 Å². The second-order valence-corrected chi connectivity index (χ2v) is 8.27. The number of likely N-dealkylation sites (N-methyl/N-ethyl adjacent to an activating group) is 1. The normalized spacial score (nSPS) is 10.6. The summed E-state index contributed by atoms with van der Waals surface area (Å²) in [7, 11) is 3.84. The van der Waals surface area contributed by atoms with Crippen molar-refractivity contribution in [1.82, 2.24) is 20.1 Å². The number of benzene rings is 2. The number of carbonyl (C=O) groups excluding carboxylic acids is 3. The Balaban J connectivity index is 1.62. The van der Waals surface area contributed by atoms with Crippen molar-refractivity contribution in [3.05, 3.63) is 89.7 Å². The Morgan fingerprint density at radius 1 is 0.914 bits per heavy atom. The van der Waals surface area contributed by atoms with Gasteiger partial charge in [0.25, 0.3) is 5.91 Å². The SMILES string of the molecule is CN(C)CCN(Cc1ccc(C(=O)Nc2ccccc2N)nc1)C(=O)NCC(=O)c1ccccc1. The van der Waals surface area contributed by atoms with Gasteiger partial charge in [-0.3, -0.25) is 14.6 Å².